The van der Waals surface area contributed by atoms with Crippen molar-refractivity contribution in [3.63, 3.8) is 0 Å². The Morgan fingerprint density at radius 3 is 2.57 bits per heavy atom. The molecule has 2 N–H and O–H groups in total. The molecule has 1 aliphatic heterocycles. The number of carbonyl (C=O) groups is 1. The Balaban J connectivity index is 1.80. The van der Waals surface area contributed by atoms with Gasteiger partial charge in [-0.2, -0.15) is 18.2 Å². The lowest BCUT2D eigenvalue weighted by molar-refractivity contribution is -0.193. The highest BCUT2D eigenvalue weighted by Gasteiger charge is 2.63. The summed E-state index contributed by atoms with van der Waals surface area (Å²) in [5.74, 6) is -0.596. The lowest BCUT2D eigenvalue weighted by Gasteiger charge is -2.28. The third-order valence-electron chi connectivity index (χ3n) is 5.02. The molecule has 0 spiro atoms. The maximum absolute atomic E-state index is 13.7. The molecule has 2 fully saturated rings. The van der Waals surface area contributed by atoms with E-state index in [0.29, 0.717) is 6.54 Å². The summed E-state index contributed by atoms with van der Waals surface area (Å²) in [6, 6.07) is 0. The zero-order valence-electron chi connectivity index (χ0n) is 12.8. The van der Waals surface area contributed by atoms with E-state index < -0.39 is 24.0 Å². The average molecular weight is 332 g/mol. The van der Waals surface area contributed by atoms with Crippen LogP contribution in [0.1, 0.15) is 37.4 Å². The van der Waals surface area contributed by atoms with E-state index in [4.69, 9.17) is 10.3 Å². The number of rotatable bonds is 4. The highest BCUT2D eigenvalue weighted by Crippen LogP contribution is 2.50. The number of aromatic nitrogens is 2. The molecule has 1 unspecified atom stereocenters. The van der Waals surface area contributed by atoms with Crippen LogP contribution in [0, 0.1) is 12.3 Å². The smallest absolute Gasteiger partial charge is 0.341 e. The van der Waals surface area contributed by atoms with E-state index in [1.54, 1.807) is 0 Å². The SMILES string of the molecule is Cc1noc(C2(C(F)(F)F)CCN(C(=O)CC3(CN)CC3)C2)n1. The molecule has 0 aromatic carbocycles. The van der Waals surface area contributed by atoms with Gasteiger partial charge in [-0.05, 0) is 38.1 Å². The maximum Gasteiger partial charge on any atom is 0.405 e. The number of amides is 1. The van der Waals surface area contributed by atoms with Crippen LogP contribution in [-0.2, 0) is 10.2 Å². The first-order chi connectivity index (χ1) is 10.7. The van der Waals surface area contributed by atoms with Crippen molar-refractivity contribution in [3.05, 3.63) is 11.7 Å². The van der Waals surface area contributed by atoms with E-state index in [0.717, 1.165) is 12.8 Å². The minimum atomic E-state index is -4.56. The number of carbonyl (C=O) groups excluding carboxylic acids is 1. The van der Waals surface area contributed by atoms with Crippen LogP contribution in [-0.4, -0.2) is 46.8 Å². The van der Waals surface area contributed by atoms with Crippen LogP contribution in [0.25, 0.3) is 0 Å². The van der Waals surface area contributed by atoms with E-state index in [-0.39, 0.29) is 36.5 Å². The molecule has 2 heterocycles. The number of alkyl halides is 3. The highest BCUT2D eigenvalue weighted by molar-refractivity contribution is 5.78. The van der Waals surface area contributed by atoms with Gasteiger partial charge in [0.2, 0.25) is 11.8 Å². The first-order valence-electron chi connectivity index (χ1n) is 7.57. The Labute approximate surface area is 131 Å². The van der Waals surface area contributed by atoms with Crippen molar-refractivity contribution in [2.45, 2.75) is 44.2 Å². The molecular weight excluding hydrogens is 313 g/mol. The molecule has 2 aliphatic rings. The summed E-state index contributed by atoms with van der Waals surface area (Å²) in [7, 11) is 0. The van der Waals surface area contributed by atoms with Crippen LogP contribution in [0.5, 0.6) is 0 Å². The minimum Gasteiger partial charge on any atom is -0.341 e. The number of likely N-dealkylation sites (tertiary alicyclic amines) is 1. The van der Waals surface area contributed by atoms with Crippen molar-refractivity contribution < 1.29 is 22.5 Å². The van der Waals surface area contributed by atoms with Crippen molar-refractivity contribution in [3.8, 4) is 0 Å². The Kier molecular flexibility index (Phi) is 3.66. The third kappa shape index (κ3) is 2.71. The van der Waals surface area contributed by atoms with Gasteiger partial charge < -0.3 is 15.2 Å². The third-order valence-corrected chi connectivity index (χ3v) is 5.02. The molecule has 0 bridgehead atoms. The van der Waals surface area contributed by atoms with E-state index >= 15 is 0 Å². The second-order valence-corrected chi connectivity index (χ2v) is 6.67. The van der Waals surface area contributed by atoms with Gasteiger partial charge in [-0.25, -0.2) is 0 Å². The quantitative estimate of drug-likeness (QED) is 0.904. The van der Waals surface area contributed by atoms with Gasteiger partial charge in [0.15, 0.2) is 11.2 Å². The standard InChI is InChI=1S/C14H19F3N4O2/c1-9-19-11(23-20-9)13(14(15,16)17)4-5-21(8-13)10(22)6-12(7-18)2-3-12/h2-8,18H2,1H3. The average Bonchev–Trinajstić information content (AvgIpc) is 2.89. The fourth-order valence-corrected chi connectivity index (χ4v) is 3.10. The maximum atomic E-state index is 13.7. The van der Waals surface area contributed by atoms with Gasteiger partial charge >= 0.3 is 6.18 Å². The molecule has 128 valence electrons. The van der Waals surface area contributed by atoms with E-state index in [2.05, 4.69) is 10.1 Å². The number of nitrogens with two attached hydrogens (primary N) is 1. The molecule has 1 aromatic rings. The van der Waals surface area contributed by atoms with Crippen molar-refractivity contribution in [2.24, 2.45) is 11.1 Å². The Bertz CT molecular complexity index is 611. The summed E-state index contributed by atoms with van der Waals surface area (Å²) in [4.78, 5) is 17.4. The monoisotopic (exact) mass is 332 g/mol. The van der Waals surface area contributed by atoms with Gasteiger partial charge in [-0.3, -0.25) is 4.79 Å². The summed E-state index contributed by atoms with van der Waals surface area (Å²) in [6.07, 6.45) is -2.90. The number of nitrogens with zero attached hydrogens (tertiary/aromatic N) is 3. The molecule has 1 amide bonds. The van der Waals surface area contributed by atoms with Crippen LogP contribution < -0.4 is 5.73 Å². The van der Waals surface area contributed by atoms with Gasteiger partial charge in [0, 0.05) is 19.5 Å². The van der Waals surface area contributed by atoms with Crippen molar-refractivity contribution >= 4 is 5.91 Å². The largest absolute Gasteiger partial charge is 0.405 e. The normalized spacial score (nSPS) is 26.6. The second kappa shape index (κ2) is 5.19. The van der Waals surface area contributed by atoms with E-state index in [1.165, 1.54) is 11.8 Å². The number of hydrogen-bond acceptors (Lipinski definition) is 5. The van der Waals surface area contributed by atoms with E-state index in [1.807, 2.05) is 0 Å². The predicted octanol–water partition coefficient (Wildman–Crippen LogP) is 1.54. The van der Waals surface area contributed by atoms with Gasteiger partial charge in [-0.15, -0.1) is 0 Å². The summed E-state index contributed by atoms with van der Waals surface area (Å²) in [5, 5.41) is 3.47. The van der Waals surface area contributed by atoms with Crippen molar-refractivity contribution in [1.29, 1.82) is 0 Å². The Morgan fingerprint density at radius 2 is 2.09 bits per heavy atom. The Morgan fingerprint density at radius 1 is 1.39 bits per heavy atom. The van der Waals surface area contributed by atoms with Gasteiger partial charge in [0.1, 0.15) is 0 Å². The number of aryl methyl sites for hydroxylation is 1. The summed E-state index contributed by atoms with van der Waals surface area (Å²) < 4.78 is 45.8. The summed E-state index contributed by atoms with van der Waals surface area (Å²) >= 11 is 0. The first kappa shape index (κ1) is 16.2. The summed E-state index contributed by atoms with van der Waals surface area (Å²) in [5.41, 5.74) is 3.17. The molecule has 0 radical (unpaired) electrons. The molecule has 3 rings (SSSR count). The molecule has 1 aromatic heterocycles. The zero-order chi connectivity index (χ0) is 16.9. The van der Waals surface area contributed by atoms with Crippen molar-refractivity contribution in [2.75, 3.05) is 19.6 Å². The molecule has 23 heavy (non-hydrogen) atoms. The highest BCUT2D eigenvalue weighted by atomic mass is 19.4. The van der Waals surface area contributed by atoms with Crippen molar-refractivity contribution in [1.82, 2.24) is 15.0 Å². The molecule has 1 aliphatic carbocycles. The van der Waals surface area contributed by atoms with Crippen LogP contribution in [0.3, 0.4) is 0 Å². The second-order valence-electron chi connectivity index (χ2n) is 6.67. The molecular formula is C14H19F3N4O2. The molecule has 1 saturated heterocycles. The minimum absolute atomic E-state index is 0.0282. The van der Waals surface area contributed by atoms with Crippen LogP contribution >= 0.6 is 0 Å². The lowest BCUT2D eigenvalue weighted by Crippen LogP contribution is -2.46. The zero-order valence-corrected chi connectivity index (χ0v) is 12.8. The van der Waals surface area contributed by atoms with Gasteiger partial charge in [0.25, 0.3) is 0 Å². The fourth-order valence-electron chi connectivity index (χ4n) is 3.10. The number of halogens is 3. The number of hydrogen-bond donors (Lipinski definition) is 1. The molecule has 1 saturated carbocycles. The fraction of sp³-hybridized carbons (Fsp3) is 0.786. The Hall–Kier alpha value is -1.64. The first-order valence-corrected chi connectivity index (χ1v) is 7.57. The van der Waals surface area contributed by atoms with Gasteiger partial charge in [-0.1, -0.05) is 5.16 Å². The lowest BCUT2D eigenvalue weighted by atomic mass is 9.86. The molecule has 6 nitrogen and oxygen atoms in total. The predicted molar refractivity (Wildman–Crippen MR) is 73.3 cm³/mol. The summed E-state index contributed by atoms with van der Waals surface area (Å²) in [6.45, 7) is 1.41. The van der Waals surface area contributed by atoms with Crippen LogP contribution in [0.15, 0.2) is 4.52 Å². The van der Waals surface area contributed by atoms with Crippen LogP contribution in [0.2, 0.25) is 0 Å². The molecule has 1 atom stereocenters. The van der Waals surface area contributed by atoms with Crippen LogP contribution in [0.4, 0.5) is 13.2 Å². The van der Waals surface area contributed by atoms with E-state index in [9.17, 15) is 18.0 Å². The topological polar surface area (TPSA) is 85.2 Å². The van der Waals surface area contributed by atoms with Gasteiger partial charge in [0.05, 0.1) is 0 Å². The molecule has 9 heteroatoms.